The van der Waals surface area contributed by atoms with Gasteiger partial charge in [0.1, 0.15) is 6.61 Å². The van der Waals surface area contributed by atoms with Crippen molar-refractivity contribution in [3.8, 4) is 5.69 Å². The van der Waals surface area contributed by atoms with E-state index >= 15 is 0 Å². The fourth-order valence-electron chi connectivity index (χ4n) is 2.43. The molecule has 0 fully saturated rings. The smallest absolute Gasteiger partial charge is 0.372 e. The molecule has 1 amide bonds. The number of benzene rings is 1. The zero-order valence-electron chi connectivity index (χ0n) is 14.7. The molecule has 1 aromatic carbocycles. The molecule has 5 nitrogen and oxygen atoms in total. The Bertz CT molecular complexity index is 814. The van der Waals surface area contributed by atoms with E-state index in [4.69, 9.17) is 0 Å². The third-order valence-corrected chi connectivity index (χ3v) is 3.64. The first-order chi connectivity index (χ1) is 13.0. The van der Waals surface area contributed by atoms with Crippen LogP contribution in [0.2, 0.25) is 0 Å². The molecular formula is C17H17F6N3O2. The van der Waals surface area contributed by atoms with E-state index in [0.717, 1.165) is 6.20 Å². The fraction of sp³-hybridized carbons (Fsp3) is 0.412. The number of aromatic nitrogens is 2. The summed E-state index contributed by atoms with van der Waals surface area (Å²) in [4.78, 5) is 12.1. The van der Waals surface area contributed by atoms with Crippen LogP contribution in [0.5, 0.6) is 0 Å². The highest BCUT2D eigenvalue weighted by Gasteiger charge is 2.40. The Morgan fingerprint density at radius 3 is 2.46 bits per heavy atom. The lowest BCUT2D eigenvalue weighted by Gasteiger charge is -2.14. The largest absolute Gasteiger partial charge is 0.434 e. The second-order valence-electron chi connectivity index (χ2n) is 5.88. The highest BCUT2D eigenvalue weighted by atomic mass is 19.4. The van der Waals surface area contributed by atoms with Crippen LogP contribution < -0.4 is 5.32 Å². The highest BCUT2D eigenvalue weighted by molar-refractivity contribution is 5.95. The molecule has 0 aliphatic carbocycles. The van der Waals surface area contributed by atoms with Crippen LogP contribution >= 0.6 is 0 Å². The van der Waals surface area contributed by atoms with Gasteiger partial charge in [-0.2, -0.15) is 31.4 Å². The highest BCUT2D eigenvalue weighted by Crippen LogP contribution is 2.34. The molecule has 0 aliphatic heterocycles. The van der Waals surface area contributed by atoms with Crippen molar-refractivity contribution in [2.75, 3.05) is 19.8 Å². The van der Waals surface area contributed by atoms with Gasteiger partial charge in [-0.15, -0.1) is 0 Å². The second-order valence-corrected chi connectivity index (χ2v) is 5.88. The number of nitrogens with zero attached hydrogens (tertiary/aromatic N) is 2. The molecule has 1 aromatic heterocycles. The number of nitrogens with one attached hydrogen (secondary N) is 1. The van der Waals surface area contributed by atoms with Crippen LogP contribution in [0.15, 0.2) is 30.5 Å². The van der Waals surface area contributed by atoms with E-state index in [1.807, 2.05) is 0 Å². The molecule has 0 spiro atoms. The Labute approximate surface area is 156 Å². The topological polar surface area (TPSA) is 56.2 Å². The van der Waals surface area contributed by atoms with Gasteiger partial charge in [0.05, 0.1) is 17.4 Å². The van der Waals surface area contributed by atoms with Crippen molar-refractivity contribution in [1.82, 2.24) is 15.1 Å². The normalized spacial score (nSPS) is 12.2. The summed E-state index contributed by atoms with van der Waals surface area (Å²) in [5, 5.41) is 5.94. The summed E-state index contributed by atoms with van der Waals surface area (Å²) in [6.07, 6.45) is -8.49. The van der Waals surface area contributed by atoms with Gasteiger partial charge in [-0.05, 0) is 25.0 Å². The Balaban J connectivity index is 2.09. The zero-order valence-corrected chi connectivity index (χ0v) is 14.7. The molecule has 2 aromatic rings. The van der Waals surface area contributed by atoms with Crippen molar-refractivity contribution < 1.29 is 35.9 Å². The second kappa shape index (κ2) is 8.63. The van der Waals surface area contributed by atoms with Crippen molar-refractivity contribution in [3.05, 3.63) is 47.3 Å². The van der Waals surface area contributed by atoms with Gasteiger partial charge in [0.15, 0.2) is 5.69 Å². The molecule has 0 saturated carbocycles. The third kappa shape index (κ3) is 5.72. The van der Waals surface area contributed by atoms with Crippen molar-refractivity contribution in [1.29, 1.82) is 0 Å². The molecule has 1 heterocycles. The summed E-state index contributed by atoms with van der Waals surface area (Å²) in [6, 6.07) is 6.25. The molecule has 154 valence electrons. The van der Waals surface area contributed by atoms with Crippen LogP contribution in [-0.2, 0) is 10.9 Å². The maximum atomic E-state index is 13.6. The van der Waals surface area contributed by atoms with Gasteiger partial charge in [-0.1, -0.05) is 18.2 Å². The number of hydrogen-bond acceptors (Lipinski definition) is 3. The maximum absolute atomic E-state index is 13.6. The first-order valence-electron chi connectivity index (χ1n) is 8.14. The molecule has 0 unspecified atom stereocenters. The van der Waals surface area contributed by atoms with Gasteiger partial charge in [-0.25, -0.2) is 4.68 Å². The minimum absolute atomic E-state index is 0.00903. The number of ether oxygens (including phenoxy) is 1. The van der Waals surface area contributed by atoms with E-state index in [1.165, 1.54) is 6.07 Å². The van der Waals surface area contributed by atoms with E-state index in [9.17, 15) is 31.1 Å². The van der Waals surface area contributed by atoms with E-state index in [1.54, 1.807) is 25.1 Å². The van der Waals surface area contributed by atoms with E-state index in [2.05, 4.69) is 15.2 Å². The van der Waals surface area contributed by atoms with E-state index in [0.29, 0.717) is 10.2 Å². The average Bonchev–Trinajstić information content (AvgIpc) is 3.02. The van der Waals surface area contributed by atoms with Crippen molar-refractivity contribution in [2.45, 2.75) is 25.7 Å². The molecule has 0 saturated heterocycles. The molecule has 0 bridgehead atoms. The lowest BCUT2D eigenvalue weighted by atomic mass is 10.1. The van der Waals surface area contributed by atoms with E-state index < -0.39 is 36.1 Å². The summed E-state index contributed by atoms with van der Waals surface area (Å²) in [5.41, 5.74) is -1.20. The quantitative estimate of drug-likeness (QED) is 0.558. The number of alkyl halides is 6. The standard InChI is InChI=1S/C17H17F6N3O2/c1-11-5-2-3-6-13(11)26-14(17(21,22)23)12(9-25-26)15(27)24-7-4-8-28-10-16(18,19)20/h2-3,5-6,9H,4,7-8,10H2,1H3,(H,24,27). The van der Waals surface area contributed by atoms with E-state index in [-0.39, 0.29) is 25.3 Å². The fourth-order valence-corrected chi connectivity index (χ4v) is 2.43. The number of aryl methyl sites for hydroxylation is 1. The van der Waals surface area contributed by atoms with Crippen LogP contribution in [0.4, 0.5) is 26.3 Å². The Morgan fingerprint density at radius 1 is 1.18 bits per heavy atom. The molecule has 2 rings (SSSR count). The van der Waals surface area contributed by atoms with Gasteiger partial charge in [0, 0.05) is 13.2 Å². The molecular weight excluding hydrogens is 392 g/mol. The number of amides is 1. The van der Waals surface area contributed by atoms with Crippen molar-refractivity contribution in [2.24, 2.45) is 0 Å². The minimum Gasteiger partial charge on any atom is -0.372 e. The summed E-state index contributed by atoms with van der Waals surface area (Å²) in [6.45, 7) is -0.266. The van der Waals surface area contributed by atoms with Crippen LogP contribution in [0.25, 0.3) is 5.69 Å². The lowest BCUT2D eigenvalue weighted by Crippen LogP contribution is -2.28. The third-order valence-electron chi connectivity index (χ3n) is 3.64. The summed E-state index contributed by atoms with van der Waals surface area (Å²) >= 11 is 0. The van der Waals surface area contributed by atoms with Gasteiger partial charge in [0.25, 0.3) is 5.91 Å². The number of rotatable bonds is 7. The maximum Gasteiger partial charge on any atom is 0.434 e. The number of carbonyl (C=O) groups is 1. The Kier molecular flexibility index (Phi) is 6.70. The first kappa shape index (κ1) is 21.7. The Morgan fingerprint density at radius 2 is 1.86 bits per heavy atom. The zero-order chi connectivity index (χ0) is 20.9. The van der Waals surface area contributed by atoms with Gasteiger partial charge in [0.2, 0.25) is 0 Å². The monoisotopic (exact) mass is 409 g/mol. The molecule has 0 atom stereocenters. The Hall–Kier alpha value is -2.56. The lowest BCUT2D eigenvalue weighted by molar-refractivity contribution is -0.173. The van der Waals surface area contributed by atoms with Gasteiger partial charge in [-0.3, -0.25) is 4.79 Å². The SMILES string of the molecule is Cc1ccccc1-n1ncc(C(=O)NCCCOCC(F)(F)F)c1C(F)(F)F. The molecule has 1 N–H and O–H groups in total. The summed E-state index contributed by atoms with van der Waals surface area (Å²) in [5.74, 6) is -1.03. The van der Waals surface area contributed by atoms with Crippen molar-refractivity contribution >= 4 is 5.91 Å². The van der Waals surface area contributed by atoms with Crippen LogP contribution in [0.3, 0.4) is 0 Å². The number of carbonyl (C=O) groups excluding carboxylic acids is 1. The average molecular weight is 409 g/mol. The van der Waals surface area contributed by atoms with Crippen LogP contribution in [0, 0.1) is 6.92 Å². The van der Waals surface area contributed by atoms with Crippen molar-refractivity contribution in [3.63, 3.8) is 0 Å². The number of halogens is 6. The number of para-hydroxylation sites is 1. The minimum atomic E-state index is -4.85. The molecule has 11 heteroatoms. The summed E-state index contributed by atoms with van der Waals surface area (Å²) in [7, 11) is 0. The first-order valence-corrected chi connectivity index (χ1v) is 8.14. The predicted molar refractivity (Wildman–Crippen MR) is 87.1 cm³/mol. The molecule has 28 heavy (non-hydrogen) atoms. The van der Waals surface area contributed by atoms with Gasteiger partial charge >= 0.3 is 12.4 Å². The summed E-state index contributed by atoms with van der Waals surface area (Å²) < 4.78 is 81.5. The van der Waals surface area contributed by atoms with Crippen LogP contribution in [0.1, 0.15) is 28.0 Å². The van der Waals surface area contributed by atoms with Gasteiger partial charge < -0.3 is 10.1 Å². The molecule has 0 radical (unpaired) electrons. The van der Waals surface area contributed by atoms with Crippen LogP contribution in [-0.4, -0.2) is 41.6 Å². The number of hydrogen-bond donors (Lipinski definition) is 1. The predicted octanol–water partition coefficient (Wildman–Crippen LogP) is 3.90. The molecule has 0 aliphatic rings.